The highest BCUT2D eigenvalue weighted by Crippen LogP contribution is 2.15. The Bertz CT molecular complexity index is 489. The molecule has 0 amide bonds. The second-order valence-electron chi connectivity index (χ2n) is 3.25. The molecule has 0 radical (unpaired) electrons. The molecule has 0 atom stereocenters. The summed E-state index contributed by atoms with van der Waals surface area (Å²) in [5, 5.41) is 13.2. The Balaban J connectivity index is 0.00000289. The molecule has 0 heterocycles. The first-order chi connectivity index (χ1) is 7.97. The van der Waals surface area contributed by atoms with Gasteiger partial charge in [0.25, 0.3) is 5.69 Å². The normalized spacial score (nSPS) is 10.7. The number of nitrogens with zero attached hydrogens (tertiary/aromatic N) is 1. The Morgan fingerprint density at radius 3 is 2.22 bits per heavy atom. The van der Waals surface area contributed by atoms with Crippen LogP contribution in [0.15, 0.2) is 29.2 Å². The van der Waals surface area contributed by atoms with E-state index in [-0.39, 0.29) is 29.5 Å². The number of rotatable bonds is 6. The van der Waals surface area contributed by atoms with Crippen LogP contribution in [0.3, 0.4) is 0 Å². The Labute approximate surface area is 111 Å². The molecule has 0 aliphatic carbocycles. The Hall–Kier alpha value is -1.22. The molecule has 2 N–H and O–H groups in total. The van der Waals surface area contributed by atoms with Gasteiger partial charge in [0.2, 0.25) is 10.0 Å². The first kappa shape index (κ1) is 16.8. The van der Waals surface area contributed by atoms with E-state index in [0.717, 1.165) is 12.1 Å². The average molecular weight is 296 g/mol. The zero-order valence-corrected chi connectivity index (χ0v) is 11.3. The summed E-state index contributed by atoms with van der Waals surface area (Å²) in [4.78, 5) is 9.84. The van der Waals surface area contributed by atoms with E-state index in [1.165, 1.54) is 12.1 Å². The third-order valence-electron chi connectivity index (χ3n) is 2.02. The fourth-order valence-electron chi connectivity index (χ4n) is 1.14. The van der Waals surface area contributed by atoms with E-state index in [4.69, 9.17) is 0 Å². The van der Waals surface area contributed by atoms with Gasteiger partial charge in [-0.2, -0.15) is 0 Å². The highest BCUT2D eigenvalue weighted by Gasteiger charge is 2.14. The van der Waals surface area contributed by atoms with Crippen LogP contribution in [0.25, 0.3) is 0 Å². The lowest BCUT2D eigenvalue weighted by Crippen LogP contribution is -2.30. The highest BCUT2D eigenvalue weighted by molar-refractivity contribution is 7.89. The summed E-state index contributed by atoms with van der Waals surface area (Å²) in [7, 11) is -1.88. The van der Waals surface area contributed by atoms with Crippen molar-refractivity contribution >= 4 is 28.1 Å². The van der Waals surface area contributed by atoms with Gasteiger partial charge in [0.05, 0.1) is 9.82 Å². The number of benzene rings is 1. The molecule has 0 spiro atoms. The van der Waals surface area contributed by atoms with E-state index in [1.54, 1.807) is 7.05 Å². The van der Waals surface area contributed by atoms with Crippen molar-refractivity contribution in [3.8, 4) is 0 Å². The molecular formula is C9H14ClN3O4S. The van der Waals surface area contributed by atoms with Crippen LogP contribution >= 0.6 is 12.4 Å². The quantitative estimate of drug-likeness (QED) is 0.452. The molecule has 102 valence electrons. The van der Waals surface area contributed by atoms with Crippen molar-refractivity contribution in [3.05, 3.63) is 34.4 Å². The molecule has 0 aromatic heterocycles. The van der Waals surface area contributed by atoms with Crippen LogP contribution in [0, 0.1) is 10.1 Å². The predicted octanol–water partition coefficient (Wildman–Crippen LogP) is 0.514. The van der Waals surface area contributed by atoms with Gasteiger partial charge in [-0.25, -0.2) is 13.1 Å². The SMILES string of the molecule is CNCCNS(=O)(=O)c1ccc([N+](=O)[O-])cc1.Cl. The van der Waals surface area contributed by atoms with E-state index in [9.17, 15) is 18.5 Å². The number of non-ortho nitro benzene ring substituents is 1. The van der Waals surface area contributed by atoms with Gasteiger partial charge in [-0.1, -0.05) is 0 Å². The second kappa shape index (κ2) is 7.27. The number of nitro benzene ring substituents is 1. The summed E-state index contributed by atoms with van der Waals surface area (Å²) in [5.74, 6) is 0. The van der Waals surface area contributed by atoms with Crippen molar-refractivity contribution in [2.75, 3.05) is 20.1 Å². The van der Waals surface area contributed by atoms with Gasteiger partial charge in [-0.05, 0) is 19.2 Å². The number of nitrogens with one attached hydrogen (secondary N) is 2. The summed E-state index contributed by atoms with van der Waals surface area (Å²) >= 11 is 0. The number of hydrogen-bond acceptors (Lipinski definition) is 5. The number of sulfonamides is 1. The Kier molecular flexibility index (Phi) is 6.77. The van der Waals surface area contributed by atoms with Gasteiger partial charge in [0.1, 0.15) is 0 Å². The average Bonchev–Trinajstić information content (AvgIpc) is 2.29. The molecule has 0 bridgehead atoms. The lowest BCUT2D eigenvalue weighted by molar-refractivity contribution is -0.384. The third kappa shape index (κ3) is 4.57. The molecule has 9 heteroatoms. The minimum Gasteiger partial charge on any atom is -0.318 e. The van der Waals surface area contributed by atoms with Gasteiger partial charge >= 0.3 is 0 Å². The van der Waals surface area contributed by atoms with Gasteiger partial charge in [0.15, 0.2) is 0 Å². The molecule has 0 fully saturated rings. The summed E-state index contributed by atoms with van der Waals surface area (Å²) < 4.78 is 25.7. The Morgan fingerprint density at radius 2 is 1.78 bits per heavy atom. The molecular weight excluding hydrogens is 282 g/mol. The maximum absolute atomic E-state index is 11.7. The van der Waals surface area contributed by atoms with Crippen LogP contribution in [-0.2, 0) is 10.0 Å². The van der Waals surface area contributed by atoms with E-state index >= 15 is 0 Å². The van der Waals surface area contributed by atoms with Crippen molar-refractivity contribution < 1.29 is 13.3 Å². The van der Waals surface area contributed by atoms with Crippen molar-refractivity contribution in [1.82, 2.24) is 10.0 Å². The molecule has 0 aliphatic rings. The van der Waals surface area contributed by atoms with Crippen molar-refractivity contribution in [1.29, 1.82) is 0 Å². The standard InChI is InChI=1S/C9H13N3O4S.ClH/c1-10-6-7-11-17(15,16)9-4-2-8(3-5-9)12(13)14;/h2-5,10-11H,6-7H2,1H3;1H. The fraction of sp³-hybridized carbons (Fsp3) is 0.333. The topological polar surface area (TPSA) is 101 Å². The molecule has 0 saturated heterocycles. The number of halogens is 1. The van der Waals surface area contributed by atoms with Gasteiger partial charge in [0, 0.05) is 25.2 Å². The zero-order valence-electron chi connectivity index (χ0n) is 9.62. The zero-order chi connectivity index (χ0) is 12.9. The van der Waals surface area contributed by atoms with E-state index in [2.05, 4.69) is 10.0 Å². The van der Waals surface area contributed by atoms with Crippen LogP contribution in [0.5, 0.6) is 0 Å². The number of nitro groups is 1. The minimum atomic E-state index is -3.59. The molecule has 7 nitrogen and oxygen atoms in total. The molecule has 1 rings (SSSR count). The van der Waals surface area contributed by atoms with Crippen molar-refractivity contribution in [2.45, 2.75) is 4.90 Å². The molecule has 0 unspecified atom stereocenters. The van der Waals surface area contributed by atoms with Crippen LogP contribution < -0.4 is 10.0 Å². The van der Waals surface area contributed by atoms with Gasteiger partial charge < -0.3 is 5.32 Å². The van der Waals surface area contributed by atoms with Crippen LogP contribution in [0.1, 0.15) is 0 Å². The van der Waals surface area contributed by atoms with Gasteiger partial charge in [-0.3, -0.25) is 10.1 Å². The van der Waals surface area contributed by atoms with Gasteiger partial charge in [-0.15, -0.1) is 12.4 Å². The van der Waals surface area contributed by atoms with Crippen LogP contribution in [0.2, 0.25) is 0 Å². The van der Waals surface area contributed by atoms with E-state index in [0.29, 0.717) is 6.54 Å². The maximum atomic E-state index is 11.7. The third-order valence-corrected chi connectivity index (χ3v) is 3.50. The maximum Gasteiger partial charge on any atom is 0.269 e. The first-order valence-electron chi connectivity index (χ1n) is 4.86. The predicted molar refractivity (Wildman–Crippen MR) is 69.5 cm³/mol. The molecule has 0 aliphatic heterocycles. The minimum absolute atomic E-state index is 0. The van der Waals surface area contributed by atoms with Crippen LogP contribution in [0.4, 0.5) is 5.69 Å². The molecule has 1 aromatic carbocycles. The lowest BCUT2D eigenvalue weighted by Gasteiger charge is -2.05. The number of hydrogen-bond donors (Lipinski definition) is 2. The highest BCUT2D eigenvalue weighted by atomic mass is 35.5. The molecule has 1 aromatic rings. The van der Waals surface area contributed by atoms with Crippen molar-refractivity contribution in [3.63, 3.8) is 0 Å². The lowest BCUT2D eigenvalue weighted by atomic mass is 10.3. The summed E-state index contributed by atoms with van der Waals surface area (Å²) in [6, 6.07) is 4.74. The smallest absolute Gasteiger partial charge is 0.269 e. The second-order valence-corrected chi connectivity index (χ2v) is 5.02. The van der Waals surface area contributed by atoms with Crippen molar-refractivity contribution in [2.24, 2.45) is 0 Å². The largest absolute Gasteiger partial charge is 0.318 e. The summed E-state index contributed by atoms with van der Waals surface area (Å²) in [5.41, 5.74) is -0.140. The van der Waals surface area contributed by atoms with Crippen LogP contribution in [-0.4, -0.2) is 33.5 Å². The van der Waals surface area contributed by atoms with E-state index in [1.807, 2.05) is 0 Å². The Morgan fingerprint density at radius 1 is 1.22 bits per heavy atom. The van der Waals surface area contributed by atoms with E-state index < -0.39 is 14.9 Å². The number of likely N-dealkylation sites (N-methyl/N-ethyl adjacent to an activating group) is 1. The summed E-state index contributed by atoms with van der Waals surface area (Å²) in [6.45, 7) is 0.766. The molecule has 0 saturated carbocycles. The molecule has 18 heavy (non-hydrogen) atoms. The monoisotopic (exact) mass is 295 g/mol. The fourth-order valence-corrected chi connectivity index (χ4v) is 2.17. The first-order valence-corrected chi connectivity index (χ1v) is 6.34. The summed E-state index contributed by atoms with van der Waals surface area (Å²) in [6.07, 6.45) is 0.